The van der Waals surface area contributed by atoms with Crippen LogP contribution < -0.4 is 5.32 Å². The zero-order valence-corrected chi connectivity index (χ0v) is 18.1. The van der Waals surface area contributed by atoms with Crippen LogP contribution in [0.5, 0.6) is 5.75 Å². The number of aliphatic imine (C=N–C) groups is 1. The summed E-state index contributed by atoms with van der Waals surface area (Å²) in [6, 6.07) is 4.18. The molecule has 1 aliphatic heterocycles. The fourth-order valence-corrected chi connectivity index (χ4v) is 4.22. The number of benzene rings is 1. The van der Waals surface area contributed by atoms with E-state index in [-0.39, 0.29) is 30.8 Å². The lowest BCUT2D eigenvalue weighted by molar-refractivity contribution is 0.0904. The third kappa shape index (κ3) is 7.13. The minimum Gasteiger partial charge on any atom is -0.505 e. The predicted octanol–water partition coefficient (Wildman–Crippen LogP) is 1.37. The average molecular weight is 431 g/mol. The highest BCUT2D eigenvalue weighted by atomic mass is 32.2. The summed E-state index contributed by atoms with van der Waals surface area (Å²) in [5, 5.41) is 12.5. The number of rotatable bonds is 8. The molecule has 2 N–H and O–H groups in total. The molecule has 2 rings (SSSR count). The van der Waals surface area contributed by atoms with Crippen molar-refractivity contribution in [1.82, 2.24) is 14.5 Å². The summed E-state index contributed by atoms with van der Waals surface area (Å²) in [5.74, 6) is -0.434. The van der Waals surface area contributed by atoms with Gasteiger partial charge in [0.15, 0.2) is 17.5 Å². The van der Waals surface area contributed by atoms with Gasteiger partial charge in [-0.1, -0.05) is 6.07 Å². The number of sulfonamides is 1. The largest absolute Gasteiger partial charge is 0.505 e. The Morgan fingerprint density at radius 2 is 2.00 bits per heavy atom. The standard InChI is InChI=1S/C19H31FN4O4S/c1-4-21-19(22-14-16-5-6-18(25)17(20)13-16)23-7-9-24(10-8-23)29(26,27)12-11-28-15(2)3/h5-6,13,15,25H,4,7-12,14H2,1-3H3,(H,21,22). The molecule has 1 aliphatic rings. The number of phenols is 1. The van der Waals surface area contributed by atoms with Crippen molar-refractivity contribution in [3.63, 3.8) is 0 Å². The summed E-state index contributed by atoms with van der Waals surface area (Å²) in [7, 11) is -3.35. The number of phenolic OH excluding ortho intramolecular Hbond substituents is 1. The first-order valence-electron chi connectivity index (χ1n) is 9.83. The Kier molecular flexibility index (Phi) is 8.66. The van der Waals surface area contributed by atoms with Gasteiger partial charge in [0.25, 0.3) is 0 Å². The molecule has 29 heavy (non-hydrogen) atoms. The number of aromatic hydroxyl groups is 1. The van der Waals surface area contributed by atoms with Crippen molar-refractivity contribution < 1.29 is 22.7 Å². The van der Waals surface area contributed by atoms with E-state index >= 15 is 0 Å². The van der Waals surface area contributed by atoms with Crippen molar-refractivity contribution in [3.05, 3.63) is 29.6 Å². The molecule has 0 bridgehead atoms. The Bertz CT molecular complexity index is 793. The van der Waals surface area contributed by atoms with Crippen molar-refractivity contribution in [2.45, 2.75) is 33.4 Å². The maximum absolute atomic E-state index is 13.5. The third-order valence-corrected chi connectivity index (χ3v) is 6.32. The molecule has 1 fully saturated rings. The van der Waals surface area contributed by atoms with Crippen LogP contribution in [0.4, 0.5) is 4.39 Å². The number of guanidine groups is 1. The van der Waals surface area contributed by atoms with Crippen LogP contribution in [-0.2, 0) is 21.3 Å². The van der Waals surface area contributed by atoms with Gasteiger partial charge < -0.3 is 20.1 Å². The summed E-state index contributed by atoms with van der Waals surface area (Å²) in [5.41, 5.74) is 0.641. The molecule has 0 spiro atoms. The number of nitrogens with zero attached hydrogens (tertiary/aromatic N) is 3. The molecule has 0 radical (unpaired) electrons. The van der Waals surface area contributed by atoms with E-state index in [0.717, 1.165) is 0 Å². The van der Waals surface area contributed by atoms with Crippen LogP contribution in [0.25, 0.3) is 0 Å². The van der Waals surface area contributed by atoms with Crippen molar-refractivity contribution in [3.8, 4) is 5.75 Å². The Hall–Kier alpha value is -1.91. The number of hydrogen-bond donors (Lipinski definition) is 2. The Labute approximate surface area is 172 Å². The molecule has 1 heterocycles. The van der Waals surface area contributed by atoms with Gasteiger partial charge >= 0.3 is 0 Å². The summed E-state index contributed by atoms with van der Waals surface area (Å²) < 4.78 is 45.3. The van der Waals surface area contributed by atoms with Gasteiger partial charge in [-0.3, -0.25) is 0 Å². The molecule has 10 heteroatoms. The molecule has 0 amide bonds. The minimum absolute atomic E-state index is 0.00277. The number of ether oxygens (including phenoxy) is 1. The van der Waals surface area contributed by atoms with E-state index in [1.54, 1.807) is 6.07 Å². The van der Waals surface area contributed by atoms with Crippen LogP contribution in [0.3, 0.4) is 0 Å². The molecule has 164 valence electrons. The zero-order valence-electron chi connectivity index (χ0n) is 17.3. The molecule has 0 aliphatic carbocycles. The van der Waals surface area contributed by atoms with Crippen LogP contribution >= 0.6 is 0 Å². The predicted molar refractivity (Wildman–Crippen MR) is 111 cm³/mol. The molecule has 8 nitrogen and oxygen atoms in total. The molecule has 0 unspecified atom stereocenters. The number of hydrogen-bond acceptors (Lipinski definition) is 5. The second kappa shape index (κ2) is 10.7. The van der Waals surface area contributed by atoms with Gasteiger partial charge in [-0.05, 0) is 38.5 Å². The van der Waals surface area contributed by atoms with E-state index in [1.807, 2.05) is 25.7 Å². The lowest BCUT2D eigenvalue weighted by Crippen LogP contribution is -2.54. The lowest BCUT2D eigenvalue weighted by Gasteiger charge is -2.36. The summed E-state index contributed by atoms with van der Waals surface area (Å²) >= 11 is 0. The van der Waals surface area contributed by atoms with E-state index in [4.69, 9.17) is 4.74 Å². The van der Waals surface area contributed by atoms with Gasteiger partial charge in [-0.25, -0.2) is 17.8 Å². The van der Waals surface area contributed by atoms with Gasteiger partial charge in [0.05, 0.1) is 25.0 Å². The Balaban J connectivity index is 1.95. The molecular formula is C19H31FN4O4S. The van der Waals surface area contributed by atoms with Crippen molar-refractivity contribution in [2.75, 3.05) is 45.1 Å². The smallest absolute Gasteiger partial charge is 0.216 e. The van der Waals surface area contributed by atoms with Crippen LogP contribution in [-0.4, -0.2) is 79.9 Å². The van der Waals surface area contributed by atoms with E-state index in [9.17, 15) is 17.9 Å². The Morgan fingerprint density at radius 3 is 2.59 bits per heavy atom. The van der Waals surface area contributed by atoms with Crippen molar-refractivity contribution >= 4 is 16.0 Å². The van der Waals surface area contributed by atoms with Gasteiger partial charge in [0, 0.05) is 32.7 Å². The van der Waals surface area contributed by atoms with Gasteiger partial charge in [0.1, 0.15) is 0 Å². The molecule has 1 aromatic carbocycles. The number of nitrogens with one attached hydrogen (secondary N) is 1. The second-order valence-electron chi connectivity index (χ2n) is 7.08. The van der Waals surface area contributed by atoms with Crippen LogP contribution in [0.2, 0.25) is 0 Å². The van der Waals surface area contributed by atoms with E-state index in [2.05, 4.69) is 10.3 Å². The van der Waals surface area contributed by atoms with Crippen LogP contribution in [0.1, 0.15) is 26.3 Å². The molecule has 1 aromatic rings. The topological polar surface area (TPSA) is 94.5 Å². The van der Waals surface area contributed by atoms with Gasteiger partial charge in [-0.2, -0.15) is 4.31 Å². The highest BCUT2D eigenvalue weighted by molar-refractivity contribution is 7.89. The maximum atomic E-state index is 13.5. The zero-order chi connectivity index (χ0) is 21.4. The van der Waals surface area contributed by atoms with Crippen molar-refractivity contribution in [1.29, 1.82) is 0 Å². The SMILES string of the molecule is CCNC(=NCc1ccc(O)c(F)c1)N1CCN(S(=O)(=O)CCOC(C)C)CC1. The molecule has 0 saturated carbocycles. The van der Waals surface area contributed by atoms with Gasteiger partial charge in [-0.15, -0.1) is 0 Å². The van der Waals surface area contributed by atoms with E-state index in [0.29, 0.717) is 44.2 Å². The maximum Gasteiger partial charge on any atom is 0.216 e. The minimum atomic E-state index is -3.35. The highest BCUT2D eigenvalue weighted by Gasteiger charge is 2.28. The van der Waals surface area contributed by atoms with E-state index in [1.165, 1.54) is 16.4 Å². The quantitative estimate of drug-likeness (QED) is 0.478. The third-order valence-electron chi connectivity index (χ3n) is 4.48. The van der Waals surface area contributed by atoms with Crippen LogP contribution in [0.15, 0.2) is 23.2 Å². The fourth-order valence-electron chi connectivity index (χ4n) is 2.94. The normalized spacial score (nSPS) is 16.4. The van der Waals surface area contributed by atoms with Crippen molar-refractivity contribution in [2.24, 2.45) is 4.99 Å². The summed E-state index contributed by atoms with van der Waals surface area (Å²) in [4.78, 5) is 6.53. The molecule has 0 atom stereocenters. The first-order chi connectivity index (χ1) is 13.7. The van der Waals surface area contributed by atoms with Gasteiger partial charge in [0.2, 0.25) is 10.0 Å². The summed E-state index contributed by atoms with van der Waals surface area (Å²) in [6.45, 7) is 8.58. The number of halogens is 1. The highest BCUT2D eigenvalue weighted by Crippen LogP contribution is 2.17. The first kappa shape index (κ1) is 23.4. The lowest BCUT2D eigenvalue weighted by atomic mass is 10.2. The Morgan fingerprint density at radius 1 is 1.31 bits per heavy atom. The van der Waals surface area contributed by atoms with E-state index < -0.39 is 15.8 Å². The molecular weight excluding hydrogens is 399 g/mol. The average Bonchev–Trinajstić information content (AvgIpc) is 2.67. The molecule has 1 saturated heterocycles. The molecule has 0 aromatic heterocycles. The monoisotopic (exact) mass is 430 g/mol. The summed E-state index contributed by atoms with van der Waals surface area (Å²) in [6.07, 6.45) is 0.00277. The number of piperazine rings is 1. The fraction of sp³-hybridized carbons (Fsp3) is 0.632. The van der Waals surface area contributed by atoms with Crippen LogP contribution in [0, 0.1) is 5.82 Å². The second-order valence-corrected chi connectivity index (χ2v) is 9.17. The first-order valence-corrected chi connectivity index (χ1v) is 11.4.